The quantitative estimate of drug-likeness (QED) is 0.413. The molecule has 0 unspecified atom stereocenters. The number of carbonyl (C=O) groups is 2. The summed E-state index contributed by atoms with van der Waals surface area (Å²) in [4.78, 5) is 27.2. The SMILES string of the molecule is CCCCNC(=O)[C@@H](C)N(Cc1ccc(Cl)c(Cl)c1)C(=O)COc1ccc(C(C)C)cc1. The number of nitrogens with zero attached hydrogens (tertiary/aromatic N) is 1. The molecule has 0 spiro atoms. The lowest BCUT2D eigenvalue weighted by Gasteiger charge is -2.29. The van der Waals surface area contributed by atoms with Gasteiger partial charge in [-0.2, -0.15) is 0 Å². The summed E-state index contributed by atoms with van der Waals surface area (Å²) in [5.41, 5.74) is 1.98. The Labute approximate surface area is 201 Å². The molecule has 0 bridgehead atoms. The third-order valence-electron chi connectivity index (χ3n) is 5.24. The molecule has 32 heavy (non-hydrogen) atoms. The first-order chi connectivity index (χ1) is 15.2. The van der Waals surface area contributed by atoms with Crippen LogP contribution in [0.25, 0.3) is 0 Å². The van der Waals surface area contributed by atoms with Crippen LogP contribution in [0.15, 0.2) is 42.5 Å². The Morgan fingerprint density at radius 1 is 1.03 bits per heavy atom. The van der Waals surface area contributed by atoms with E-state index in [0.29, 0.717) is 28.3 Å². The first-order valence-corrected chi connectivity index (χ1v) is 11.7. The number of hydrogen-bond donors (Lipinski definition) is 1. The fourth-order valence-electron chi connectivity index (χ4n) is 3.13. The Hall–Kier alpha value is -2.24. The molecule has 1 atom stereocenters. The van der Waals surface area contributed by atoms with Gasteiger partial charge in [0.05, 0.1) is 10.0 Å². The lowest BCUT2D eigenvalue weighted by molar-refractivity contribution is -0.142. The summed E-state index contributed by atoms with van der Waals surface area (Å²) < 4.78 is 5.72. The summed E-state index contributed by atoms with van der Waals surface area (Å²) in [6.07, 6.45) is 1.86. The molecule has 7 heteroatoms. The zero-order chi connectivity index (χ0) is 23.7. The summed E-state index contributed by atoms with van der Waals surface area (Å²) in [6.45, 7) is 8.63. The molecule has 0 aliphatic carbocycles. The summed E-state index contributed by atoms with van der Waals surface area (Å²) in [6, 6.07) is 12.2. The highest BCUT2D eigenvalue weighted by atomic mass is 35.5. The molecule has 2 aromatic rings. The predicted octanol–water partition coefficient (Wildman–Crippen LogP) is 5.83. The summed E-state index contributed by atoms with van der Waals surface area (Å²) in [7, 11) is 0. The van der Waals surface area contributed by atoms with Gasteiger partial charge in [-0.25, -0.2) is 0 Å². The molecule has 2 rings (SSSR count). The number of benzene rings is 2. The Kier molecular flexibility index (Phi) is 10.3. The van der Waals surface area contributed by atoms with E-state index in [1.807, 2.05) is 24.3 Å². The zero-order valence-electron chi connectivity index (χ0n) is 19.2. The maximum atomic E-state index is 13.1. The molecule has 0 fully saturated rings. The topological polar surface area (TPSA) is 58.6 Å². The second-order valence-electron chi connectivity index (χ2n) is 8.10. The molecule has 2 amide bonds. The minimum Gasteiger partial charge on any atom is -0.484 e. The van der Waals surface area contributed by atoms with Crippen LogP contribution in [0.5, 0.6) is 5.75 Å². The normalized spacial score (nSPS) is 11.8. The Morgan fingerprint density at radius 2 is 1.72 bits per heavy atom. The molecule has 0 aliphatic rings. The second-order valence-corrected chi connectivity index (χ2v) is 8.92. The van der Waals surface area contributed by atoms with Crippen LogP contribution in [0, 0.1) is 0 Å². The summed E-state index contributed by atoms with van der Waals surface area (Å²) in [5.74, 6) is 0.534. The van der Waals surface area contributed by atoms with E-state index in [9.17, 15) is 9.59 Å². The van der Waals surface area contributed by atoms with E-state index in [1.54, 1.807) is 25.1 Å². The molecular formula is C25H32Cl2N2O3. The zero-order valence-corrected chi connectivity index (χ0v) is 20.7. The molecule has 1 N–H and O–H groups in total. The van der Waals surface area contributed by atoms with Crippen molar-refractivity contribution < 1.29 is 14.3 Å². The largest absolute Gasteiger partial charge is 0.484 e. The van der Waals surface area contributed by atoms with E-state index in [4.69, 9.17) is 27.9 Å². The van der Waals surface area contributed by atoms with Gasteiger partial charge < -0.3 is 15.0 Å². The van der Waals surface area contributed by atoms with Gasteiger partial charge in [0.1, 0.15) is 11.8 Å². The van der Waals surface area contributed by atoms with Crippen LogP contribution in [0.1, 0.15) is 57.6 Å². The van der Waals surface area contributed by atoms with Crippen LogP contribution in [0.2, 0.25) is 10.0 Å². The first-order valence-electron chi connectivity index (χ1n) is 11.0. The van der Waals surface area contributed by atoms with Crippen molar-refractivity contribution in [3.05, 3.63) is 63.6 Å². The van der Waals surface area contributed by atoms with Crippen molar-refractivity contribution in [2.45, 2.75) is 59.0 Å². The van der Waals surface area contributed by atoms with Gasteiger partial charge in [0.25, 0.3) is 5.91 Å². The second kappa shape index (κ2) is 12.7. The molecule has 0 aromatic heterocycles. The molecular weight excluding hydrogens is 447 g/mol. The van der Waals surface area contributed by atoms with Crippen molar-refractivity contribution in [1.29, 1.82) is 0 Å². The number of rotatable bonds is 11. The fourth-order valence-corrected chi connectivity index (χ4v) is 3.45. The van der Waals surface area contributed by atoms with E-state index in [1.165, 1.54) is 10.5 Å². The molecule has 5 nitrogen and oxygen atoms in total. The molecule has 0 saturated heterocycles. The Morgan fingerprint density at radius 3 is 2.31 bits per heavy atom. The van der Waals surface area contributed by atoms with Crippen molar-refractivity contribution in [2.24, 2.45) is 0 Å². The minimum atomic E-state index is -0.666. The lowest BCUT2D eigenvalue weighted by Crippen LogP contribution is -2.49. The van der Waals surface area contributed by atoms with Crippen LogP contribution >= 0.6 is 23.2 Å². The molecule has 0 aliphatic heterocycles. The van der Waals surface area contributed by atoms with Gasteiger partial charge >= 0.3 is 0 Å². The number of carbonyl (C=O) groups excluding carboxylic acids is 2. The van der Waals surface area contributed by atoms with Gasteiger partial charge in [0.15, 0.2) is 6.61 Å². The first kappa shape index (κ1) is 26.0. The third kappa shape index (κ3) is 7.72. The van der Waals surface area contributed by atoms with E-state index >= 15 is 0 Å². The maximum Gasteiger partial charge on any atom is 0.261 e. The number of nitrogens with one attached hydrogen (secondary N) is 1. The van der Waals surface area contributed by atoms with Crippen LogP contribution in [0.4, 0.5) is 0 Å². The number of hydrogen-bond acceptors (Lipinski definition) is 3. The van der Waals surface area contributed by atoms with Crippen molar-refractivity contribution in [2.75, 3.05) is 13.2 Å². The maximum absolute atomic E-state index is 13.1. The van der Waals surface area contributed by atoms with Crippen molar-refractivity contribution in [3.63, 3.8) is 0 Å². The lowest BCUT2D eigenvalue weighted by atomic mass is 10.0. The van der Waals surface area contributed by atoms with Crippen molar-refractivity contribution >= 4 is 35.0 Å². The average molecular weight is 479 g/mol. The molecule has 0 heterocycles. The van der Waals surface area contributed by atoms with E-state index in [0.717, 1.165) is 18.4 Å². The Balaban J connectivity index is 2.13. The van der Waals surface area contributed by atoms with Crippen molar-refractivity contribution in [1.82, 2.24) is 10.2 Å². The third-order valence-corrected chi connectivity index (χ3v) is 5.98. The standard InChI is InChI=1S/C25H32Cl2N2O3/c1-5-6-13-28-25(31)18(4)29(15-19-7-12-22(26)23(27)14-19)24(30)16-32-21-10-8-20(9-11-21)17(2)3/h7-12,14,17-18H,5-6,13,15-16H2,1-4H3,(H,28,31)/t18-/m1/s1. The minimum absolute atomic E-state index is 0.172. The number of halogens is 2. The van der Waals surface area contributed by atoms with Crippen molar-refractivity contribution in [3.8, 4) is 5.75 Å². The fraction of sp³-hybridized carbons (Fsp3) is 0.440. The summed E-state index contributed by atoms with van der Waals surface area (Å²) >= 11 is 12.2. The van der Waals surface area contributed by atoms with Crippen LogP contribution < -0.4 is 10.1 Å². The number of unbranched alkanes of at least 4 members (excludes halogenated alkanes) is 1. The number of ether oxygens (including phenoxy) is 1. The highest BCUT2D eigenvalue weighted by Crippen LogP contribution is 2.24. The van der Waals surface area contributed by atoms with E-state index in [2.05, 4.69) is 26.1 Å². The molecule has 0 saturated carbocycles. The van der Waals surface area contributed by atoms with Gasteiger partial charge in [0, 0.05) is 13.1 Å². The van der Waals surface area contributed by atoms with Gasteiger partial charge in [-0.3, -0.25) is 9.59 Å². The smallest absolute Gasteiger partial charge is 0.261 e. The Bertz CT molecular complexity index is 901. The summed E-state index contributed by atoms with van der Waals surface area (Å²) in [5, 5.41) is 3.73. The van der Waals surface area contributed by atoms with Crippen LogP contribution in [-0.4, -0.2) is 35.9 Å². The van der Waals surface area contributed by atoms with E-state index in [-0.39, 0.29) is 25.0 Å². The highest BCUT2D eigenvalue weighted by molar-refractivity contribution is 6.42. The van der Waals surface area contributed by atoms with E-state index < -0.39 is 6.04 Å². The van der Waals surface area contributed by atoms with Crippen LogP contribution in [-0.2, 0) is 16.1 Å². The van der Waals surface area contributed by atoms with Gasteiger partial charge in [0.2, 0.25) is 5.91 Å². The van der Waals surface area contributed by atoms with Gasteiger partial charge in [-0.15, -0.1) is 0 Å². The van der Waals surface area contributed by atoms with Gasteiger partial charge in [-0.05, 0) is 54.7 Å². The predicted molar refractivity (Wildman–Crippen MR) is 130 cm³/mol. The molecule has 174 valence electrons. The average Bonchev–Trinajstić information content (AvgIpc) is 2.78. The monoisotopic (exact) mass is 478 g/mol. The molecule has 2 aromatic carbocycles. The molecule has 0 radical (unpaired) electrons. The van der Waals surface area contributed by atoms with Gasteiger partial charge in [-0.1, -0.05) is 68.6 Å². The highest BCUT2D eigenvalue weighted by Gasteiger charge is 2.26. The van der Waals surface area contributed by atoms with Crippen LogP contribution in [0.3, 0.4) is 0 Å². The number of amides is 2.